The molecule has 0 spiro atoms. The van der Waals surface area contributed by atoms with Crippen LogP contribution in [0.15, 0.2) is 36.7 Å². The van der Waals surface area contributed by atoms with E-state index in [0.29, 0.717) is 18.7 Å². The fourth-order valence-corrected chi connectivity index (χ4v) is 6.26. The predicted octanol–water partition coefficient (Wildman–Crippen LogP) is 4.34. The molecule has 2 saturated heterocycles. The third kappa shape index (κ3) is 4.63. The van der Waals surface area contributed by atoms with Gasteiger partial charge in [0.1, 0.15) is 0 Å². The van der Waals surface area contributed by atoms with Crippen molar-refractivity contribution >= 4 is 11.9 Å². The second-order valence-electron chi connectivity index (χ2n) is 10.9. The van der Waals surface area contributed by atoms with Gasteiger partial charge in [-0.3, -0.25) is 9.69 Å². The molecule has 1 unspecified atom stereocenters. The van der Waals surface area contributed by atoms with Crippen LogP contribution in [0.1, 0.15) is 54.1 Å². The van der Waals surface area contributed by atoms with Gasteiger partial charge in [0.05, 0.1) is 17.3 Å². The quantitative estimate of drug-likeness (QED) is 0.623. The number of carbonyl (C=O) groups excluding carboxylic acids is 2. The van der Waals surface area contributed by atoms with E-state index < -0.39 is 11.7 Å². The number of fused-ring (bicyclic) bond motifs is 1. The van der Waals surface area contributed by atoms with Crippen LogP contribution in [0.5, 0.6) is 0 Å². The molecule has 7 nitrogen and oxygen atoms in total. The Hall–Kier alpha value is -2.88. The van der Waals surface area contributed by atoms with E-state index in [4.69, 9.17) is 0 Å². The van der Waals surface area contributed by atoms with Crippen molar-refractivity contribution in [3.05, 3.63) is 53.3 Å². The maximum atomic E-state index is 13.4. The van der Waals surface area contributed by atoms with Crippen LogP contribution in [0.3, 0.4) is 0 Å². The van der Waals surface area contributed by atoms with E-state index in [0.717, 1.165) is 44.8 Å². The number of hydrogen-bond donors (Lipinski definition) is 0. The zero-order valence-electron chi connectivity index (χ0n) is 20.7. The number of hydrogen-bond acceptors (Lipinski definition) is 4. The normalized spacial score (nSPS) is 26.2. The van der Waals surface area contributed by atoms with Crippen LogP contribution in [-0.4, -0.2) is 75.7 Å². The molecule has 36 heavy (non-hydrogen) atoms. The van der Waals surface area contributed by atoms with Gasteiger partial charge in [-0.05, 0) is 55.7 Å². The Bertz CT molecular complexity index is 1140. The predicted molar refractivity (Wildman–Crippen MR) is 127 cm³/mol. The Morgan fingerprint density at radius 1 is 1.17 bits per heavy atom. The highest BCUT2D eigenvalue weighted by atomic mass is 19.4. The topological polar surface area (TPSA) is 61.7 Å². The largest absolute Gasteiger partial charge is 0.416 e. The average molecular weight is 504 g/mol. The summed E-state index contributed by atoms with van der Waals surface area (Å²) < 4.78 is 41.5. The van der Waals surface area contributed by atoms with Gasteiger partial charge in [0.25, 0.3) is 5.91 Å². The smallest absolute Gasteiger partial charge is 0.339 e. The van der Waals surface area contributed by atoms with Crippen molar-refractivity contribution in [3.63, 3.8) is 0 Å². The van der Waals surface area contributed by atoms with Gasteiger partial charge in [0, 0.05) is 45.0 Å². The molecule has 1 saturated carbocycles. The Kier molecular flexibility index (Phi) is 6.34. The maximum absolute atomic E-state index is 13.4. The van der Waals surface area contributed by atoms with Gasteiger partial charge >= 0.3 is 12.2 Å². The zero-order chi connectivity index (χ0) is 25.7. The standard InChI is InChI=1S/C26H32F3N5O2/c1-25-12-21(31(2)14-18-7-3-4-8-22(18)26(27,28)29)11-20(25)16-33(17-25)24(36)34-15-19(13-30-34)23(35)32-9-5-6-10-32/h3-4,7-8,13,15,20-21H,5-6,9-12,14,16-17H2,1-2H3/t20-,21-,25?/m1/s1. The van der Waals surface area contributed by atoms with Gasteiger partial charge < -0.3 is 9.80 Å². The van der Waals surface area contributed by atoms with Gasteiger partial charge in [0.2, 0.25) is 0 Å². The number of rotatable bonds is 4. The van der Waals surface area contributed by atoms with E-state index >= 15 is 0 Å². The second kappa shape index (κ2) is 9.21. The number of halogens is 3. The van der Waals surface area contributed by atoms with Gasteiger partial charge in [-0.1, -0.05) is 25.1 Å². The van der Waals surface area contributed by atoms with Crippen molar-refractivity contribution in [3.8, 4) is 0 Å². The fourth-order valence-electron chi connectivity index (χ4n) is 6.26. The minimum atomic E-state index is -4.37. The van der Waals surface area contributed by atoms with Crippen LogP contribution >= 0.6 is 0 Å². The van der Waals surface area contributed by atoms with Crippen molar-refractivity contribution in [1.29, 1.82) is 0 Å². The minimum Gasteiger partial charge on any atom is -0.339 e. The molecule has 1 aromatic carbocycles. The number of benzene rings is 1. The van der Waals surface area contributed by atoms with E-state index in [1.54, 1.807) is 21.9 Å². The van der Waals surface area contributed by atoms with Crippen molar-refractivity contribution < 1.29 is 22.8 Å². The third-order valence-electron chi connectivity index (χ3n) is 8.29. The lowest BCUT2D eigenvalue weighted by molar-refractivity contribution is -0.138. The lowest BCUT2D eigenvalue weighted by Crippen LogP contribution is -2.37. The first-order chi connectivity index (χ1) is 17.0. The summed E-state index contributed by atoms with van der Waals surface area (Å²) in [6.45, 7) is 5.01. The SMILES string of the molecule is CN(Cc1ccccc1C(F)(F)F)[C@@H]1C[C@@H]2CN(C(=O)n3cc(C(=O)N4CCCC4)cn3)CC2(C)C1. The van der Waals surface area contributed by atoms with Gasteiger partial charge in [-0.15, -0.1) is 0 Å². The first-order valence-corrected chi connectivity index (χ1v) is 12.5. The molecule has 2 amide bonds. The van der Waals surface area contributed by atoms with Crippen LogP contribution in [0.25, 0.3) is 0 Å². The maximum Gasteiger partial charge on any atom is 0.416 e. The molecule has 1 aliphatic carbocycles. The van der Waals surface area contributed by atoms with Crippen LogP contribution in [-0.2, 0) is 12.7 Å². The Morgan fingerprint density at radius 2 is 1.89 bits per heavy atom. The molecular formula is C26H32F3N5O2. The Labute approximate surface area is 208 Å². The molecule has 5 rings (SSSR count). The Morgan fingerprint density at radius 3 is 2.58 bits per heavy atom. The highest BCUT2D eigenvalue weighted by molar-refractivity contribution is 5.94. The second-order valence-corrected chi connectivity index (χ2v) is 10.9. The molecule has 2 aliphatic heterocycles. The molecule has 0 radical (unpaired) electrons. The highest BCUT2D eigenvalue weighted by Gasteiger charge is 2.52. The van der Waals surface area contributed by atoms with E-state index in [2.05, 4.69) is 12.0 Å². The number of likely N-dealkylation sites (tertiary alicyclic amines) is 2. The molecular weight excluding hydrogens is 471 g/mol. The zero-order valence-corrected chi connectivity index (χ0v) is 20.7. The fraction of sp³-hybridized carbons (Fsp3) is 0.577. The van der Waals surface area contributed by atoms with E-state index in [-0.39, 0.29) is 41.4 Å². The first-order valence-electron chi connectivity index (χ1n) is 12.5. The van der Waals surface area contributed by atoms with E-state index in [9.17, 15) is 22.8 Å². The van der Waals surface area contributed by atoms with Crippen molar-refractivity contribution in [2.75, 3.05) is 33.2 Å². The number of nitrogens with zero attached hydrogens (tertiary/aromatic N) is 5. The molecule has 3 heterocycles. The summed E-state index contributed by atoms with van der Waals surface area (Å²) in [5.41, 5.74) is 0.0143. The molecule has 1 aromatic heterocycles. The summed E-state index contributed by atoms with van der Waals surface area (Å²) in [5, 5.41) is 4.17. The molecule has 10 heteroatoms. The van der Waals surface area contributed by atoms with E-state index in [1.807, 2.05) is 11.9 Å². The average Bonchev–Trinajstić information content (AvgIpc) is 3.60. The summed E-state index contributed by atoms with van der Waals surface area (Å²) in [7, 11) is 1.88. The molecule has 3 fully saturated rings. The number of amides is 2. The molecule has 0 N–H and O–H groups in total. The first kappa shape index (κ1) is 24.8. The van der Waals surface area contributed by atoms with Crippen molar-refractivity contribution in [1.82, 2.24) is 24.5 Å². The highest BCUT2D eigenvalue weighted by Crippen LogP contribution is 2.50. The van der Waals surface area contributed by atoms with Crippen molar-refractivity contribution in [2.24, 2.45) is 11.3 Å². The van der Waals surface area contributed by atoms with Crippen LogP contribution in [0, 0.1) is 11.3 Å². The number of alkyl halides is 3. The molecule has 0 bridgehead atoms. The lowest BCUT2D eigenvalue weighted by Gasteiger charge is -2.29. The summed E-state index contributed by atoms with van der Waals surface area (Å²) in [4.78, 5) is 31.3. The molecule has 3 aliphatic rings. The number of aromatic nitrogens is 2. The van der Waals surface area contributed by atoms with Crippen LogP contribution < -0.4 is 0 Å². The van der Waals surface area contributed by atoms with Gasteiger partial charge in [-0.2, -0.15) is 23.0 Å². The summed E-state index contributed by atoms with van der Waals surface area (Å²) in [6.07, 6.45) is 2.23. The van der Waals surface area contributed by atoms with Gasteiger partial charge in [-0.25, -0.2) is 4.79 Å². The third-order valence-corrected chi connectivity index (χ3v) is 8.29. The monoisotopic (exact) mass is 503 g/mol. The molecule has 194 valence electrons. The van der Waals surface area contributed by atoms with E-state index in [1.165, 1.54) is 23.1 Å². The summed E-state index contributed by atoms with van der Waals surface area (Å²) >= 11 is 0. The summed E-state index contributed by atoms with van der Waals surface area (Å²) in [6, 6.07) is 5.65. The lowest BCUT2D eigenvalue weighted by atomic mass is 9.83. The molecule has 3 atom stereocenters. The van der Waals surface area contributed by atoms with Crippen molar-refractivity contribution in [2.45, 2.75) is 51.4 Å². The summed E-state index contributed by atoms with van der Waals surface area (Å²) in [5.74, 6) is 0.169. The van der Waals surface area contributed by atoms with Gasteiger partial charge in [0.15, 0.2) is 0 Å². The Balaban J connectivity index is 1.21. The number of carbonyl (C=O) groups is 2. The van der Waals surface area contributed by atoms with Crippen LogP contribution in [0.2, 0.25) is 0 Å². The minimum absolute atomic E-state index is 0.0882. The molecule has 2 aromatic rings. The van der Waals surface area contributed by atoms with Crippen LogP contribution in [0.4, 0.5) is 18.0 Å².